The molecule has 2 unspecified atom stereocenters. The maximum atomic E-state index is 13.9. The monoisotopic (exact) mass is 339 g/mol. The molecule has 0 amide bonds. The summed E-state index contributed by atoms with van der Waals surface area (Å²) in [6.45, 7) is 0. The van der Waals surface area contributed by atoms with Crippen molar-refractivity contribution in [3.8, 4) is 0 Å². The summed E-state index contributed by atoms with van der Waals surface area (Å²) >= 11 is 3.03. The van der Waals surface area contributed by atoms with E-state index in [1.807, 2.05) is 12.1 Å². The van der Waals surface area contributed by atoms with Gasteiger partial charge in [-0.3, -0.25) is 4.98 Å². The van der Waals surface area contributed by atoms with Gasteiger partial charge < -0.3 is 5.11 Å². The first kappa shape index (κ1) is 13.6. The third-order valence-corrected chi connectivity index (χ3v) is 4.18. The highest BCUT2D eigenvalue weighted by Crippen LogP contribution is 2.42. The van der Waals surface area contributed by atoms with E-state index in [4.69, 9.17) is 0 Å². The van der Waals surface area contributed by atoms with Gasteiger partial charge in [-0.05, 0) is 36.6 Å². The second-order valence-corrected chi connectivity index (χ2v) is 5.84. The molecule has 0 radical (unpaired) electrons. The fourth-order valence-electron chi connectivity index (χ4n) is 2.79. The van der Waals surface area contributed by atoms with E-state index in [9.17, 15) is 13.9 Å². The number of halogens is 3. The van der Waals surface area contributed by atoms with Crippen molar-refractivity contribution in [1.82, 2.24) is 4.98 Å². The number of pyridine rings is 1. The van der Waals surface area contributed by atoms with E-state index in [1.165, 1.54) is 0 Å². The molecule has 0 fully saturated rings. The first-order valence-corrected chi connectivity index (χ1v) is 7.13. The Balaban J connectivity index is 2.01. The van der Waals surface area contributed by atoms with Gasteiger partial charge in [0.1, 0.15) is 11.6 Å². The van der Waals surface area contributed by atoms with E-state index >= 15 is 0 Å². The van der Waals surface area contributed by atoms with Crippen LogP contribution < -0.4 is 0 Å². The Morgan fingerprint density at radius 1 is 1.30 bits per heavy atom. The largest absolute Gasteiger partial charge is 0.387 e. The van der Waals surface area contributed by atoms with Crippen LogP contribution >= 0.6 is 15.9 Å². The van der Waals surface area contributed by atoms with Crippen LogP contribution in [0, 0.1) is 11.6 Å². The van der Waals surface area contributed by atoms with Gasteiger partial charge in [0.2, 0.25) is 0 Å². The predicted molar refractivity (Wildman–Crippen MR) is 74.3 cm³/mol. The number of aromatic nitrogens is 1. The van der Waals surface area contributed by atoms with E-state index in [-0.39, 0.29) is 11.5 Å². The van der Waals surface area contributed by atoms with Gasteiger partial charge in [-0.15, -0.1) is 0 Å². The zero-order valence-corrected chi connectivity index (χ0v) is 12.1. The van der Waals surface area contributed by atoms with Gasteiger partial charge in [-0.1, -0.05) is 22.0 Å². The molecule has 1 aliphatic carbocycles. The molecule has 2 aromatic rings. The molecular weight excluding hydrogens is 328 g/mol. The Hall–Kier alpha value is -1.33. The lowest BCUT2D eigenvalue weighted by molar-refractivity contribution is 0.134. The number of aliphatic hydroxyl groups is 1. The lowest BCUT2D eigenvalue weighted by Crippen LogP contribution is -2.13. The summed E-state index contributed by atoms with van der Waals surface area (Å²) in [5.41, 5.74) is 1.49. The van der Waals surface area contributed by atoms with E-state index in [1.54, 1.807) is 6.20 Å². The molecule has 0 saturated heterocycles. The Kier molecular flexibility index (Phi) is 3.56. The minimum absolute atomic E-state index is 0.281. The van der Waals surface area contributed by atoms with Gasteiger partial charge in [0.15, 0.2) is 0 Å². The molecule has 5 heteroatoms. The first-order chi connectivity index (χ1) is 9.58. The van der Waals surface area contributed by atoms with E-state index < -0.39 is 17.7 Å². The Morgan fingerprint density at radius 3 is 2.70 bits per heavy atom. The van der Waals surface area contributed by atoms with E-state index in [0.717, 1.165) is 29.8 Å². The van der Waals surface area contributed by atoms with Gasteiger partial charge in [-0.2, -0.15) is 0 Å². The Morgan fingerprint density at radius 2 is 2.00 bits per heavy atom. The van der Waals surface area contributed by atoms with Crippen molar-refractivity contribution < 1.29 is 13.9 Å². The summed E-state index contributed by atoms with van der Waals surface area (Å²) in [7, 11) is 0. The maximum absolute atomic E-state index is 13.9. The molecular formula is C15H12BrF2NO. The van der Waals surface area contributed by atoms with Crippen LogP contribution in [0.4, 0.5) is 8.78 Å². The first-order valence-electron chi connectivity index (χ1n) is 6.34. The lowest BCUT2D eigenvalue weighted by atomic mass is 9.93. The summed E-state index contributed by atoms with van der Waals surface area (Å²) < 4.78 is 28.2. The van der Waals surface area contributed by atoms with Crippen LogP contribution in [-0.2, 0) is 6.42 Å². The predicted octanol–water partition coefficient (Wildman–Crippen LogP) is 3.89. The van der Waals surface area contributed by atoms with Crippen LogP contribution in [0.3, 0.4) is 0 Å². The molecule has 1 aromatic heterocycles. The quantitative estimate of drug-likeness (QED) is 0.900. The third-order valence-electron chi connectivity index (χ3n) is 3.72. The topological polar surface area (TPSA) is 33.1 Å². The molecule has 0 aliphatic heterocycles. The van der Waals surface area contributed by atoms with Crippen molar-refractivity contribution in [2.75, 3.05) is 0 Å². The molecule has 1 aromatic carbocycles. The fourth-order valence-corrected chi connectivity index (χ4v) is 3.19. The van der Waals surface area contributed by atoms with Gasteiger partial charge >= 0.3 is 0 Å². The minimum Gasteiger partial charge on any atom is -0.387 e. The number of aryl methyl sites for hydroxylation is 1. The Bertz CT molecular complexity index is 639. The number of fused-ring (bicyclic) bond motifs is 1. The number of hydrogen-bond donors (Lipinski definition) is 1. The SMILES string of the molecule is OC(c1c(F)cc(Br)cc1F)C1CCc2cccnc21. The molecule has 2 nitrogen and oxygen atoms in total. The van der Waals surface area contributed by atoms with Crippen molar-refractivity contribution in [1.29, 1.82) is 0 Å². The van der Waals surface area contributed by atoms with Gasteiger partial charge in [0.25, 0.3) is 0 Å². The highest BCUT2D eigenvalue weighted by molar-refractivity contribution is 9.10. The highest BCUT2D eigenvalue weighted by Gasteiger charge is 2.33. The zero-order valence-electron chi connectivity index (χ0n) is 10.5. The number of aliphatic hydroxyl groups excluding tert-OH is 1. The van der Waals surface area contributed by atoms with Gasteiger partial charge in [0, 0.05) is 22.3 Å². The summed E-state index contributed by atoms with van der Waals surface area (Å²) in [5, 5.41) is 10.4. The molecule has 3 rings (SSSR count). The molecule has 0 bridgehead atoms. The molecule has 1 heterocycles. The van der Waals surface area contributed by atoms with Crippen molar-refractivity contribution >= 4 is 15.9 Å². The van der Waals surface area contributed by atoms with E-state index in [0.29, 0.717) is 10.9 Å². The smallest absolute Gasteiger partial charge is 0.133 e. The Labute approximate surface area is 123 Å². The summed E-state index contributed by atoms with van der Waals surface area (Å²) in [5.74, 6) is -1.85. The lowest BCUT2D eigenvalue weighted by Gasteiger charge is -2.20. The average Bonchev–Trinajstić information content (AvgIpc) is 2.81. The summed E-state index contributed by atoms with van der Waals surface area (Å²) in [6, 6.07) is 6.09. The van der Waals surface area contributed by atoms with E-state index in [2.05, 4.69) is 20.9 Å². The van der Waals surface area contributed by atoms with Crippen LogP contribution in [0.1, 0.15) is 35.3 Å². The molecule has 0 saturated carbocycles. The summed E-state index contributed by atoms with van der Waals surface area (Å²) in [6.07, 6.45) is 1.82. The second kappa shape index (κ2) is 5.22. The maximum Gasteiger partial charge on any atom is 0.133 e. The number of benzene rings is 1. The number of nitrogens with zero attached hydrogens (tertiary/aromatic N) is 1. The van der Waals surface area contributed by atoms with Crippen LogP contribution in [-0.4, -0.2) is 10.1 Å². The van der Waals surface area contributed by atoms with Crippen molar-refractivity contribution in [2.45, 2.75) is 24.9 Å². The summed E-state index contributed by atoms with van der Waals surface area (Å²) in [4.78, 5) is 4.25. The third kappa shape index (κ3) is 2.25. The molecule has 0 spiro atoms. The molecule has 1 N–H and O–H groups in total. The zero-order chi connectivity index (χ0) is 14.3. The standard InChI is InChI=1S/C15H12BrF2NO/c16-9-6-11(17)13(12(18)7-9)15(20)10-4-3-8-2-1-5-19-14(8)10/h1-2,5-7,10,15,20H,3-4H2. The second-order valence-electron chi connectivity index (χ2n) is 4.92. The van der Waals surface area contributed by atoms with Crippen molar-refractivity contribution in [2.24, 2.45) is 0 Å². The molecule has 1 aliphatic rings. The average molecular weight is 340 g/mol. The van der Waals surface area contributed by atoms with Crippen LogP contribution in [0.15, 0.2) is 34.9 Å². The van der Waals surface area contributed by atoms with Crippen molar-refractivity contribution in [3.05, 3.63) is 63.4 Å². The van der Waals surface area contributed by atoms with Crippen LogP contribution in [0.2, 0.25) is 0 Å². The normalized spacial score (nSPS) is 18.9. The molecule has 20 heavy (non-hydrogen) atoms. The molecule has 2 atom stereocenters. The van der Waals surface area contributed by atoms with Crippen LogP contribution in [0.5, 0.6) is 0 Å². The van der Waals surface area contributed by atoms with Crippen molar-refractivity contribution in [3.63, 3.8) is 0 Å². The van der Waals surface area contributed by atoms with Gasteiger partial charge in [0.05, 0.1) is 11.7 Å². The minimum atomic E-state index is -1.22. The number of hydrogen-bond acceptors (Lipinski definition) is 2. The van der Waals surface area contributed by atoms with Gasteiger partial charge in [-0.25, -0.2) is 8.78 Å². The highest BCUT2D eigenvalue weighted by atomic mass is 79.9. The molecule has 104 valence electrons. The van der Waals surface area contributed by atoms with Crippen LogP contribution in [0.25, 0.3) is 0 Å². The number of rotatable bonds is 2. The fraction of sp³-hybridized carbons (Fsp3) is 0.267.